The quantitative estimate of drug-likeness (QED) is 0.814. The van der Waals surface area contributed by atoms with Crippen molar-refractivity contribution in [3.63, 3.8) is 0 Å². The van der Waals surface area contributed by atoms with Crippen molar-refractivity contribution < 1.29 is 4.79 Å². The van der Waals surface area contributed by atoms with E-state index in [4.69, 9.17) is 0 Å². The number of nitrogens with zero attached hydrogens (tertiary/aromatic N) is 2. The monoisotopic (exact) mass is 219 g/mol. The third kappa shape index (κ3) is 3.31. The van der Waals surface area contributed by atoms with Crippen molar-refractivity contribution in [1.29, 1.82) is 0 Å². The Balaban J connectivity index is 1.71. The van der Waals surface area contributed by atoms with Gasteiger partial charge in [0.2, 0.25) is 5.91 Å². The molecule has 0 spiro atoms. The molecule has 16 heavy (non-hydrogen) atoms. The fraction of sp³-hybridized carbons (Fsp3) is 0.500. The van der Waals surface area contributed by atoms with E-state index in [1.165, 1.54) is 12.8 Å². The molecule has 0 atom stereocenters. The maximum Gasteiger partial charge on any atom is 0.234 e. The Morgan fingerprint density at radius 2 is 2.00 bits per heavy atom. The van der Waals surface area contributed by atoms with Gasteiger partial charge in [0, 0.05) is 18.9 Å². The third-order valence-corrected chi connectivity index (χ3v) is 2.80. The zero-order chi connectivity index (χ0) is 11.2. The molecule has 2 heterocycles. The van der Waals surface area contributed by atoms with Gasteiger partial charge in [0.15, 0.2) is 0 Å². The molecular weight excluding hydrogens is 202 g/mol. The molecule has 0 aromatic carbocycles. The summed E-state index contributed by atoms with van der Waals surface area (Å²) in [6.45, 7) is 3.24. The molecule has 4 heteroatoms. The van der Waals surface area contributed by atoms with E-state index in [0.717, 1.165) is 18.7 Å². The van der Waals surface area contributed by atoms with Gasteiger partial charge in [-0.2, -0.15) is 0 Å². The normalized spacial score (nSPS) is 16.2. The van der Waals surface area contributed by atoms with Crippen molar-refractivity contribution in [1.82, 2.24) is 15.2 Å². The average molecular weight is 219 g/mol. The first-order valence-corrected chi connectivity index (χ1v) is 5.72. The summed E-state index contributed by atoms with van der Waals surface area (Å²) in [7, 11) is 0. The van der Waals surface area contributed by atoms with Crippen molar-refractivity contribution in [2.45, 2.75) is 19.4 Å². The zero-order valence-electron chi connectivity index (χ0n) is 9.35. The minimum atomic E-state index is 0.110. The van der Waals surface area contributed by atoms with Gasteiger partial charge in [-0.25, -0.2) is 0 Å². The minimum absolute atomic E-state index is 0.110. The van der Waals surface area contributed by atoms with Crippen LogP contribution in [0.25, 0.3) is 0 Å². The Labute approximate surface area is 95.7 Å². The molecular formula is C12H17N3O. The molecule has 1 aromatic rings. The van der Waals surface area contributed by atoms with Gasteiger partial charge in [0.05, 0.1) is 6.54 Å². The number of aromatic nitrogens is 1. The van der Waals surface area contributed by atoms with Crippen LogP contribution in [0.3, 0.4) is 0 Å². The lowest BCUT2D eigenvalue weighted by Crippen LogP contribution is -2.35. The molecule has 1 fully saturated rings. The summed E-state index contributed by atoms with van der Waals surface area (Å²) < 4.78 is 0. The lowest BCUT2D eigenvalue weighted by molar-refractivity contribution is -0.122. The van der Waals surface area contributed by atoms with Gasteiger partial charge in [-0.3, -0.25) is 14.7 Å². The first kappa shape index (κ1) is 11.1. The van der Waals surface area contributed by atoms with Crippen LogP contribution in [0.5, 0.6) is 0 Å². The predicted molar refractivity (Wildman–Crippen MR) is 61.8 cm³/mol. The van der Waals surface area contributed by atoms with Crippen molar-refractivity contribution in [3.05, 3.63) is 30.1 Å². The summed E-state index contributed by atoms with van der Waals surface area (Å²) in [5.74, 6) is 0.110. The van der Waals surface area contributed by atoms with Crippen molar-refractivity contribution in [2.75, 3.05) is 19.6 Å². The number of hydrogen-bond donors (Lipinski definition) is 1. The summed E-state index contributed by atoms with van der Waals surface area (Å²) in [5.41, 5.74) is 1.09. The second-order valence-electron chi connectivity index (χ2n) is 4.12. The molecule has 1 N–H and O–H groups in total. The van der Waals surface area contributed by atoms with Crippen LogP contribution in [-0.4, -0.2) is 35.4 Å². The molecule has 2 rings (SSSR count). The number of rotatable bonds is 4. The maximum absolute atomic E-state index is 11.6. The predicted octanol–water partition coefficient (Wildman–Crippen LogP) is 0.794. The molecule has 0 aliphatic carbocycles. The summed E-state index contributed by atoms with van der Waals surface area (Å²) >= 11 is 0. The fourth-order valence-electron chi connectivity index (χ4n) is 1.90. The van der Waals surface area contributed by atoms with Gasteiger partial charge in [0.25, 0.3) is 0 Å². The molecule has 4 nitrogen and oxygen atoms in total. The molecule has 86 valence electrons. The first-order chi connectivity index (χ1) is 7.84. The Bertz CT molecular complexity index is 333. The van der Waals surface area contributed by atoms with Gasteiger partial charge in [0.1, 0.15) is 0 Å². The van der Waals surface area contributed by atoms with Gasteiger partial charge in [-0.1, -0.05) is 0 Å². The molecule has 1 aliphatic rings. The highest BCUT2D eigenvalue weighted by atomic mass is 16.2. The van der Waals surface area contributed by atoms with E-state index in [2.05, 4.69) is 15.2 Å². The zero-order valence-corrected chi connectivity index (χ0v) is 9.35. The highest BCUT2D eigenvalue weighted by Gasteiger charge is 2.14. The molecule has 1 aromatic heterocycles. The van der Waals surface area contributed by atoms with Crippen LogP contribution in [0.2, 0.25) is 0 Å². The molecule has 0 bridgehead atoms. The van der Waals surface area contributed by atoms with E-state index in [-0.39, 0.29) is 5.91 Å². The number of nitrogens with one attached hydrogen (secondary N) is 1. The number of amides is 1. The number of hydrogen-bond acceptors (Lipinski definition) is 3. The topological polar surface area (TPSA) is 45.2 Å². The Hall–Kier alpha value is -1.42. The largest absolute Gasteiger partial charge is 0.351 e. The minimum Gasteiger partial charge on any atom is -0.351 e. The Morgan fingerprint density at radius 3 is 2.69 bits per heavy atom. The van der Waals surface area contributed by atoms with Crippen LogP contribution in [0.15, 0.2) is 24.5 Å². The molecule has 0 saturated carbocycles. The number of likely N-dealkylation sites (tertiary alicyclic amines) is 1. The van der Waals surface area contributed by atoms with Crippen LogP contribution in [0, 0.1) is 0 Å². The third-order valence-electron chi connectivity index (χ3n) is 2.80. The standard InChI is InChI=1S/C12H17N3O/c16-12(10-15-7-1-2-8-15)14-9-11-3-5-13-6-4-11/h3-6H,1-2,7-10H2,(H,14,16). The second kappa shape index (κ2) is 5.61. The SMILES string of the molecule is O=C(CN1CCCC1)NCc1ccncc1. The van der Waals surface area contributed by atoms with Crippen LogP contribution in [0.4, 0.5) is 0 Å². The van der Waals surface area contributed by atoms with E-state index in [0.29, 0.717) is 13.1 Å². The lowest BCUT2D eigenvalue weighted by Gasteiger charge is -2.13. The van der Waals surface area contributed by atoms with E-state index in [9.17, 15) is 4.79 Å². The highest BCUT2D eigenvalue weighted by molar-refractivity contribution is 5.78. The molecule has 0 unspecified atom stereocenters. The van der Waals surface area contributed by atoms with Gasteiger partial charge >= 0.3 is 0 Å². The van der Waals surface area contributed by atoms with E-state index in [1.54, 1.807) is 12.4 Å². The summed E-state index contributed by atoms with van der Waals surface area (Å²) in [6.07, 6.45) is 5.92. The number of pyridine rings is 1. The van der Waals surface area contributed by atoms with Crippen molar-refractivity contribution >= 4 is 5.91 Å². The molecule has 1 saturated heterocycles. The Morgan fingerprint density at radius 1 is 1.31 bits per heavy atom. The van der Waals surface area contributed by atoms with Gasteiger partial charge in [-0.05, 0) is 43.6 Å². The molecule has 1 amide bonds. The first-order valence-electron chi connectivity index (χ1n) is 5.72. The van der Waals surface area contributed by atoms with Crippen LogP contribution in [0.1, 0.15) is 18.4 Å². The van der Waals surface area contributed by atoms with Gasteiger partial charge in [-0.15, -0.1) is 0 Å². The number of carbonyl (C=O) groups is 1. The summed E-state index contributed by atoms with van der Waals surface area (Å²) in [5, 5.41) is 2.92. The van der Waals surface area contributed by atoms with E-state index >= 15 is 0 Å². The smallest absolute Gasteiger partial charge is 0.234 e. The van der Waals surface area contributed by atoms with Crippen LogP contribution >= 0.6 is 0 Å². The maximum atomic E-state index is 11.6. The second-order valence-corrected chi connectivity index (χ2v) is 4.12. The summed E-state index contributed by atoms with van der Waals surface area (Å²) in [4.78, 5) is 17.7. The van der Waals surface area contributed by atoms with E-state index in [1.807, 2.05) is 12.1 Å². The average Bonchev–Trinajstić information content (AvgIpc) is 2.81. The number of carbonyl (C=O) groups excluding carboxylic acids is 1. The van der Waals surface area contributed by atoms with E-state index < -0.39 is 0 Å². The Kier molecular flexibility index (Phi) is 3.88. The summed E-state index contributed by atoms with van der Waals surface area (Å²) in [6, 6.07) is 3.83. The lowest BCUT2D eigenvalue weighted by atomic mass is 10.3. The van der Waals surface area contributed by atoms with Gasteiger partial charge < -0.3 is 5.32 Å². The van der Waals surface area contributed by atoms with Crippen LogP contribution < -0.4 is 5.32 Å². The van der Waals surface area contributed by atoms with Crippen LogP contribution in [-0.2, 0) is 11.3 Å². The molecule has 0 radical (unpaired) electrons. The van der Waals surface area contributed by atoms with Crippen molar-refractivity contribution in [2.24, 2.45) is 0 Å². The molecule has 1 aliphatic heterocycles. The fourth-order valence-corrected chi connectivity index (χ4v) is 1.90. The highest BCUT2D eigenvalue weighted by Crippen LogP contribution is 2.06. The van der Waals surface area contributed by atoms with Crippen molar-refractivity contribution in [3.8, 4) is 0 Å².